The second kappa shape index (κ2) is 6.96. The number of carbonyl (C=O) groups is 1. The molecule has 1 aliphatic heterocycles. The van der Waals surface area contributed by atoms with Crippen LogP contribution in [0.4, 0.5) is 0 Å². The Bertz CT molecular complexity index is 434. The van der Waals surface area contributed by atoms with Gasteiger partial charge in [0.15, 0.2) is 0 Å². The van der Waals surface area contributed by atoms with Crippen LogP contribution >= 0.6 is 11.8 Å². The number of likely N-dealkylation sites (tertiary alicyclic amines) is 1. The largest absolute Gasteiger partial charge is 0.478 e. The molecule has 0 aliphatic carbocycles. The zero-order valence-corrected chi connectivity index (χ0v) is 12.2. The summed E-state index contributed by atoms with van der Waals surface area (Å²) in [5.41, 5.74) is 1.49. The van der Waals surface area contributed by atoms with Gasteiger partial charge in [0.2, 0.25) is 0 Å². The van der Waals surface area contributed by atoms with Crippen LogP contribution in [0.15, 0.2) is 24.3 Å². The number of carboxylic acids is 1. The Kier molecular flexibility index (Phi) is 5.28. The molecule has 0 saturated carbocycles. The van der Waals surface area contributed by atoms with E-state index in [2.05, 4.69) is 11.2 Å². The van der Waals surface area contributed by atoms with Crippen molar-refractivity contribution in [3.05, 3.63) is 35.4 Å². The maximum absolute atomic E-state index is 11.0. The van der Waals surface area contributed by atoms with Crippen molar-refractivity contribution in [1.82, 2.24) is 4.90 Å². The summed E-state index contributed by atoms with van der Waals surface area (Å²) in [4.78, 5) is 13.4. The summed E-state index contributed by atoms with van der Waals surface area (Å²) in [5.74, 6) is 1.17. The number of nitrogens with zero attached hydrogens (tertiary/aromatic N) is 1. The molecule has 1 unspecified atom stereocenters. The van der Waals surface area contributed by atoms with Gasteiger partial charge in [0.05, 0.1) is 5.56 Å². The first-order valence-corrected chi connectivity index (χ1v) is 8.12. The molecule has 3 nitrogen and oxygen atoms in total. The molecule has 1 aromatic rings. The van der Waals surface area contributed by atoms with Crippen LogP contribution in [0, 0.1) is 5.92 Å². The molecular formula is C15H21NO2S. The third-order valence-corrected chi connectivity index (χ3v) is 4.39. The van der Waals surface area contributed by atoms with Gasteiger partial charge in [-0.2, -0.15) is 11.8 Å². The Morgan fingerprint density at radius 3 is 3.11 bits per heavy atom. The van der Waals surface area contributed by atoms with Crippen LogP contribution < -0.4 is 0 Å². The Morgan fingerprint density at radius 1 is 1.53 bits per heavy atom. The molecule has 0 bridgehead atoms. The maximum atomic E-state index is 11.0. The van der Waals surface area contributed by atoms with E-state index in [1.165, 1.54) is 18.6 Å². The van der Waals surface area contributed by atoms with Crippen molar-refractivity contribution in [1.29, 1.82) is 0 Å². The summed E-state index contributed by atoms with van der Waals surface area (Å²) >= 11 is 1.92. The average molecular weight is 279 g/mol. The first-order valence-electron chi connectivity index (χ1n) is 6.72. The van der Waals surface area contributed by atoms with E-state index in [0.29, 0.717) is 5.56 Å². The van der Waals surface area contributed by atoms with Gasteiger partial charge in [-0.1, -0.05) is 12.1 Å². The van der Waals surface area contributed by atoms with Crippen molar-refractivity contribution in [2.45, 2.75) is 19.4 Å². The van der Waals surface area contributed by atoms with Gasteiger partial charge in [-0.15, -0.1) is 0 Å². The summed E-state index contributed by atoms with van der Waals surface area (Å²) in [5, 5.41) is 9.01. The Labute approximate surface area is 119 Å². The number of benzene rings is 1. The molecule has 1 heterocycles. The number of thioether (sulfide) groups is 1. The van der Waals surface area contributed by atoms with E-state index in [1.54, 1.807) is 12.1 Å². The topological polar surface area (TPSA) is 40.5 Å². The van der Waals surface area contributed by atoms with Gasteiger partial charge in [0.1, 0.15) is 0 Å². The van der Waals surface area contributed by atoms with Gasteiger partial charge < -0.3 is 5.11 Å². The van der Waals surface area contributed by atoms with Gasteiger partial charge in [-0.3, -0.25) is 4.90 Å². The number of carboxylic acid groups (broad SMARTS) is 1. The lowest BCUT2D eigenvalue weighted by molar-refractivity contribution is 0.0696. The molecule has 0 amide bonds. The molecule has 1 saturated heterocycles. The SMILES string of the molecule is CSCC1CCCN(Cc2cccc(C(=O)O)c2)C1. The lowest BCUT2D eigenvalue weighted by Crippen LogP contribution is -2.35. The smallest absolute Gasteiger partial charge is 0.335 e. The molecule has 0 radical (unpaired) electrons. The molecule has 4 heteroatoms. The van der Waals surface area contributed by atoms with Crippen LogP contribution in [0.25, 0.3) is 0 Å². The van der Waals surface area contributed by atoms with Crippen molar-refractivity contribution in [3.63, 3.8) is 0 Å². The van der Waals surface area contributed by atoms with E-state index in [1.807, 2.05) is 23.9 Å². The van der Waals surface area contributed by atoms with E-state index in [0.717, 1.165) is 31.1 Å². The third kappa shape index (κ3) is 4.25. The fraction of sp³-hybridized carbons (Fsp3) is 0.533. The molecule has 104 valence electrons. The summed E-state index contributed by atoms with van der Waals surface area (Å²) in [7, 11) is 0. The number of hydrogen-bond donors (Lipinski definition) is 1. The van der Waals surface area contributed by atoms with Crippen molar-refractivity contribution in [2.24, 2.45) is 5.92 Å². The molecule has 0 spiro atoms. The predicted octanol–water partition coefficient (Wildman–Crippen LogP) is 2.96. The molecule has 1 N–H and O–H groups in total. The average Bonchev–Trinajstić information content (AvgIpc) is 2.40. The van der Waals surface area contributed by atoms with Gasteiger partial charge >= 0.3 is 5.97 Å². The normalized spacial score (nSPS) is 20.4. The highest BCUT2D eigenvalue weighted by Gasteiger charge is 2.19. The quantitative estimate of drug-likeness (QED) is 0.899. The molecule has 1 aromatic carbocycles. The first kappa shape index (κ1) is 14.4. The molecular weight excluding hydrogens is 258 g/mol. The molecule has 2 rings (SSSR count). The van der Waals surface area contributed by atoms with Crippen molar-refractivity contribution in [2.75, 3.05) is 25.1 Å². The molecule has 0 aromatic heterocycles. The number of piperidine rings is 1. The minimum absolute atomic E-state index is 0.384. The maximum Gasteiger partial charge on any atom is 0.335 e. The zero-order chi connectivity index (χ0) is 13.7. The Morgan fingerprint density at radius 2 is 2.37 bits per heavy atom. The second-order valence-electron chi connectivity index (χ2n) is 5.20. The lowest BCUT2D eigenvalue weighted by atomic mass is 9.99. The minimum atomic E-state index is -0.847. The van der Waals surface area contributed by atoms with E-state index in [9.17, 15) is 4.79 Å². The van der Waals surface area contributed by atoms with Crippen LogP contribution in [0.5, 0.6) is 0 Å². The van der Waals surface area contributed by atoms with E-state index < -0.39 is 5.97 Å². The van der Waals surface area contributed by atoms with Gasteiger partial charge in [-0.05, 0) is 55.0 Å². The van der Waals surface area contributed by atoms with Crippen LogP contribution in [-0.4, -0.2) is 41.1 Å². The Hall–Kier alpha value is -1.00. The summed E-state index contributed by atoms with van der Waals surface area (Å²) in [6.45, 7) is 3.13. The molecule has 1 aliphatic rings. The summed E-state index contributed by atoms with van der Waals surface area (Å²) in [6.07, 6.45) is 4.74. The number of rotatable bonds is 5. The predicted molar refractivity (Wildman–Crippen MR) is 79.8 cm³/mol. The van der Waals surface area contributed by atoms with Gasteiger partial charge in [-0.25, -0.2) is 4.79 Å². The van der Waals surface area contributed by atoms with Crippen molar-refractivity contribution >= 4 is 17.7 Å². The first-order chi connectivity index (χ1) is 9.19. The fourth-order valence-electron chi connectivity index (χ4n) is 2.73. The van der Waals surface area contributed by atoms with Crippen LogP contribution in [0.2, 0.25) is 0 Å². The van der Waals surface area contributed by atoms with E-state index >= 15 is 0 Å². The highest BCUT2D eigenvalue weighted by atomic mass is 32.2. The molecule has 19 heavy (non-hydrogen) atoms. The second-order valence-corrected chi connectivity index (χ2v) is 6.11. The number of aromatic carboxylic acids is 1. The van der Waals surface area contributed by atoms with E-state index in [4.69, 9.17) is 5.11 Å². The van der Waals surface area contributed by atoms with E-state index in [-0.39, 0.29) is 0 Å². The fourth-order valence-corrected chi connectivity index (χ4v) is 3.47. The lowest BCUT2D eigenvalue weighted by Gasteiger charge is -2.32. The highest BCUT2D eigenvalue weighted by Crippen LogP contribution is 2.21. The summed E-state index contributed by atoms with van der Waals surface area (Å²) < 4.78 is 0. The zero-order valence-electron chi connectivity index (χ0n) is 11.3. The van der Waals surface area contributed by atoms with Crippen molar-refractivity contribution in [3.8, 4) is 0 Å². The highest BCUT2D eigenvalue weighted by molar-refractivity contribution is 7.98. The van der Waals surface area contributed by atoms with Crippen LogP contribution in [-0.2, 0) is 6.54 Å². The van der Waals surface area contributed by atoms with Crippen LogP contribution in [0.1, 0.15) is 28.8 Å². The Balaban J connectivity index is 1.96. The third-order valence-electron chi connectivity index (χ3n) is 3.59. The number of hydrogen-bond acceptors (Lipinski definition) is 3. The summed E-state index contributed by atoms with van der Waals surface area (Å²) in [6, 6.07) is 7.30. The molecule has 1 atom stereocenters. The van der Waals surface area contributed by atoms with Gasteiger partial charge in [0.25, 0.3) is 0 Å². The monoisotopic (exact) mass is 279 g/mol. The van der Waals surface area contributed by atoms with Gasteiger partial charge in [0, 0.05) is 13.1 Å². The minimum Gasteiger partial charge on any atom is -0.478 e. The van der Waals surface area contributed by atoms with Crippen molar-refractivity contribution < 1.29 is 9.90 Å². The molecule has 1 fully saturated rings. The van der Waals surface area contributed by atoms with Crippen LogP contribution in [0.3, 0.4) is 0 Å². The standard InChI is InChI=1S/C15H21NO2S/c1-19-11-13-5-3-7-16(10-13)9-12-4-2-6-14(8-12)15(17)18/h2,4,6,8,13H,3,5,7,9-11H2,1H3,(H,17,18).